The van der Waals surface area contributed by atoms with Crippen LogP contribution in [0.25, 0.3) is 0 Å². The molecule has 0 heterocycles. The first-order chi connectivity index (χ1) is 7.43. The second-order valence-corrected chi connectivity index (χ2v) is 2.62. The lowest BCUT2D eigenvalue weighted by Crippen LogP contribution is -2.49. The number of hydrogen-bond acceptors (Lipinski definition) is 3. The summed E-state index contributed by atoms with van der Waals surface area (Å²) in [6.07, 6.45) is -10.6. The van der Waals surface area contributed by atoms with Crippen LogP contribution < -0.4 is 5.32 Å². The molecule has 2 N–H and O–H groups in total. The first-order valence-electron chi connectivity index (χ1n) is 3.74. The van der Waals surface area contributed by atoms with Crippen molar-refractivity contribution in [2.24, 2.45) is 0 Å². The summed E-state index contributed by atoms with van der Waals surface area (Å²) in [4.78, 5) is 20.5. The smallest absolute Gasteiger partial charge is 0.480 e. The van der Waals surface area contributed by atoms with Crippen LogP contribution in [0.5, 0.6) is 0 Å². The number of nitrogens with one attached hydrogen (secondary N) is 1. The highest BCUT2D eigenvalue weighted by molar-refractivity contribution is 5.86. The quantitative estimate of drug-likeness (QED) is 0.735. The highest BCUT2D eigenvalue weighted by Crippen LogP contribution is 2.17. The molecule has 0 aromatic carbocycles. The van der Waals surface area contributed by atoms with Crippen molar-refractivity contribution in [1.82, 2.24) is 5.32 Å². The number of halogens is 6. The molecule has 17 heavy (non-hydrogen) atoms. The molecule has 0 aromatic heterocycles. The van der Waals surface area contributed by atoms with E-state index in [1.165, 1.54) is 0 Å². The second kappa shape index (κ2) is 5.21. The van der Waals surface area contributed by atoms with Crippen molar-refractivity contribution in [1.29, 1.82) is 0 Å². The molecule has 0 rings (SSSR count). The first-order valence-corrected chi connectivity index (χ1v) is 3.74. The van der Waals surface area contributed by atoms with Crippen LogP contribution in [0.3, 0.4) is 0 Å². The third-order valence-corrected chi connectivity index (χ3v) is 1.27. The molecule has 0 aliphatic heterocycles. The van der Waals surface area contributed by atoms with E-state index >= 15 is 0 Å². The molecule has 0 saturated heterocycles. The lowest BCUT2D eigenvalue weighted by atomic mass is 10.3. The van der Waals surface area contributed by atoms with Gasteiger partial charge in [0.15, 0.2) is 6.04 Å². The van der Waals surface area contributed by atoms with E-state index in [-0.39, 0.29) is 0 Å². The van der Waals surface area contributed by atoms with Gasteiger partial charge in [-0.15, -0.1) is 13.2 Å². The molecule has 1 amide bonds. The van der Waals surface area contributed by atoms with Gasteiger partial charge in [0.1, 0.15) is 0 Å². The van der Waals surface area contributed by atoms with Crippen LogP contribution in [0.2, 0.25) is 0 Å². The first kappa shape index (κ1) is 15.5. The Kier molecular flexibility index (Phi) is 4.74. The Morgan fingerprint density at radius 2 is 1.65 bits per heavy atom. The number of carbonyl (C=O) groups is 2. The van der Waals surface area contributed by atoms with Crippen LogP contribution in [0.15, 0.2) is 0 Å². The van der Waals surface area contributed by atoms with Crippen molar-refractivity contribution < 1.29 is 45.8 Å². The van der Waals surface area contributed by atoms with Crippen molar-refractivity contribution in [3.05, 3.63) is 0 Å². The fraction of sp³-hybridized carbons (Fsp3) is 0.667. The van der Waals surface area contributed by atoms with Crippen molar-refractivity contribution >= 4 is 11.9 Å². The maximum atomic E-state index is 11.7. The number of amides is 1. The number of carbonyl (C=O) groups excluding carboxylic acids is 1. The fourth-order valence-corrected chi connectivity index (χ4v) is 0.593. The lowest BCUT2D eigenvalue weighted by Gasteiger charge is -2.16. The molecule has 0 aromatic rings. The van der Waals surface area contributed by atoms with Gasteiger partial charge in [-0.3, -0.25) is 9.53 Å². The van der Waals surface area contributed by atoms with E-state index < -0.39 is 37.1 Å². The van der Waals surface area contributed by atoms with E-state index in [4.69, 9.17) is 5.11 Å². The van der Waals surface area contributed by atoms with Gasteiger partial charge in [-0.2, -0.15) is 13.2 Å². The number of ether oxygens (including phenoxy) is 1. The molecule has 0 saturated carbocycles. The number of aliphatic carboxylic acids is 1. The minimum Gasteiger partial charge on any atom is -0.480 e. The summed E-state index contributed by atoms with van der Waals surface area (Å²) in [5, 5.41) is 9.10. The minimum absolute atomic E-state index is 0.841. The SMILES string of the molecule is O=C(O)[C@@H](COC(F)(F)F)NC(=O)C(F)(F)F. The van der Waals surface area contributed by atoms with Crippen molar-refractivity contribution in [3.63, 3.8) is 0 Å². The predicted octanol–water partition coefficient (Wildman–Crippen LogP) is 0.655. The maximum Gasteiger partial charge on any atom is 0.522 e. The number of rotatable bonds is 4. The average molecular weight is 269 g/mol. The van der Waals surface area contributed by atoms with E-state index in [0.29, 0.717) is 0 Å². The van der Waals surface area contributed by atoms with E-state index in [2.05, 4.69) is 4.74 Å². The minimum atomic E-state index is -5.40. The Hall–Kier alpha value is -1.52. The third-order valence-electron chi connectivity index (χ3n) is 1.27. The average Bonchev–Trinajstić information content (AvgIpc) is 2.07. The summed E-state index contributed by atoms with van der Waals surface area (Å²) < 4.78 is 72.5. The Bertz CT molecular complexity index is 298. The zero-order valence-electron chi connectivity index (χ0n) is 7.72. The van der Waals surface area contributed by atoms with Gasteiger partial charge in [0.05, 0.1) is 6.61 Å². The molecule has 0 aliphatic carbocycles. The summed E-state index contributed by atoms with van der Waals surface area (Å²) >= 11 is 0. The number of carboxylic acids is 1. The molecule has 100 valence electrons. The number of alkyl halides is 6. The molecule has 0 bridgehead atoms. The molecule has 1 atom stereocenters. The van der Waals surface area contributed by atoms with E-state index in [1.807, 2.05) is 0 Å². The lowest BCUT2D eigenvalue weighted by molar-refractivity contribution is -0.325. The zero-order valence-corrected chi connectivity index (χ0v) is 7.72. The van der Waals surface area contributed by atoms with E-state index in [0.717, 1.165) is 5.32 Å². The van der Waals surface area contributed by atoms with E-state index in [9.17, 15) is 35.9 Å². The van der Waals surface area contributed by atoms with Crippen molar-refractivity contribution in [3.8, 4) is 0 Å². The molecule has 0 radical (unpaired) electrons. The standard InChI is InChI=1S/C6H5F6NO4/c7-5(8,9)4(16)13-2(3(14)15)1-17-6(10,11)12/h2H,1H2,(H,13,16)(H,14,15)/t2-/m1/s1. The Morgan fingerprint density at radius 3 is 1.94 bits per heavy atom. The fourth-order valence-electron chi connectivity index (χ4n) is 0.593. The van der Waals surface area contributed by atoms with Gasteiger partial charge in [0.25, 0.3) is 0 Å². The molecular formula is C6H5F6NO4. The summed E-state index contributed by atoms with van der Waals surface area (Å²) in [5.74, 6) is -4.76. The monoisotopic (exact) mass is 269 g/mol. The van der Waals surface area contributed by atoms with Crippen LogP contribution in [0.1, 0.15) is 0 Å². The number of carboxylic acid groups (broad SMARTS) is 1. The third kappa shape index (κ3) is 6.60. The van der Waals surface area contributed by atoms with Crippen LogP contribution in [-0.2, 0) is 14.3 Å². The topological polar surface area (TPSA) is 75.6 Å². The predicted molar refractivity (Wildman–Crippen MR) is 37.6 cm³/mol. The summed E-state index contributed by atoms with van der Waals surface area (Å²) in [6, 6.07) is -2.45. The van der Waals surface area contributed by atoms with Gasteiger partial charge in [-0.05, 0) is 0 Å². The van der Waals surface area contributed by atoms with Gasteiger partial charge in [-0.1, -0.05) is 0 Å². The van der Waals surface area contributed by atoms with Gasteiger partial charge in [0, 0.05) is 0 Å². The molecule has 5 nitrogen and oxygen atoms in total. The van der Waals surface area contributed by atoms with Gasteiger partial charge in [-0.25, -0.2) is 4.79 Å². The molecule has 0 fully saturated rings. The molecule has 0 spiro atoms. The summed E-state index contributed by atoms with van der Waals surface area (Å²) in [5.41, 5.74) is 0. The largest absolute Gasteiger partial charge is 0.522 e. The van der Waals surface area contributed by atoms with Crippen LogP contribution in [0, 0.1) is 0 Å². The number of hydrogen-bond donors (Lipinski definition) is 2. The summed E-state index contributed by atoms with van der Waals surface area (Å²) in [6.45, 7) is -1.67. The van der Waals surface area contributed by atoms with Crippen LogP contribution in [0.4, 0.5) is 26.3 Å². The van der Waals surface area contributed by atoms with Gasteiger partial charge >= 0.3 is 24.4 Å². The van der Waals surface area contributed by atoms with Gasteiger partial charge < -0.3 is 10.4 Å². The zero-order chi connectivity index (χ0) is 13.9. The Balaban J connectivity index is 4.47. The highest BCUT2D eigenvalue weighted by atomic mass is 19.4. The van der Waals surface area contributed by atoms with Crippen LogP contribution in [-0.4, -0.2) is 42.2 Å². The molecular weight excluding hydrogens is 264 g/mol. The second-order valence-electron chi connectivity index (χ2n) is 2.62. The maximum absolute atomic E-state index is 11.7. The molecule has 0 unspecified atom stereocenters. The van der Waals surface area contributed by atoms with Crippen LogP contribution >= 0.6 is 0 Å². The molecule has 11 heteroatoms. The van der Waals surface area contributed by atoms with Crippen molar-refractivity contribution in [2.75, 3.05) is 6.61 Å². The normalized spacial score (nSPS) is 14.2. The van der Waals surface area contributed by atoms with Crippen molar-refractivity contribution in [2.45, 2.75) is 18.6 Å². The van der Waals surface area contributed by atoms with E-state index in [1.54, 1.807) is 0 Å². The Labute approximate surface area is 89.3 Å². The van der Waals surface area contributed by atoms with Gasteiger partial charge in [0.2, 0.25) is 0 Å². The summed E-state index contributed by atoms with van der Waals surface area (Å²) in [7, 11) is 0. The highest BCUT2D eigenvalue weighted by Gasteiger charge is 2.41. The Morgan fingerprint density at radius 1 is 1.18 bits per heavy atom. The molecule has 0 aliphatic rings.